The summed E-state index contributed by atoms with van der Waals surface area (Å²) in [5.41, 5.74) is 0.896. The van der Waals surface area contributed by atoms with Gasteiger partial charge in [-0.1, -0.05) is 5.16 Å². The van der Waals surface area contributed by atoms with E-state index in [1.807, 2.05) is 19.3 Å². The second kappa shape index (κ2) is 7.12. The number of likely N-dealkylation sites (tertiary alicyclic amines) is 1. The number of piperidine rings is 1. The molecule has 0 bridgehead atoms. The Morgan fingerprint density at radius 3 is 2.46 bits per heavy atom. The SMILES string of the molecule is Cc1cc(C(F)(F)F)c2c(C3CCN(Cc4cnc(C)nc4)CC3)noc2n1. The lowest BCUT2D eigenvalue weighted by molar-refractivity contribution is -0.136. The molecule has 3 aromatic heterocycles. The molecule has 1 aliphatic heterocycles. The average molecular weight is 391 g/mol. The number of hydrogen-bond donors (Lipinski definition) is 0. The first-order chi connectivity index (χ1) is 13.3. The van der Waals surface area contributed by atoms with Gasteiger partial charge in [-0.2, -0.15) is 13.2 Å². The lowest BCUT2D eigenvalue weighted by Crippen LogP contribution is -2.32. The minimum absolute atomic E-state index is 0.00323. The molecule has 6 nitrogen and oxygen atoms in total. The van der Waals surface area contributed by atoms with Crippen molar-refractivity contribution in [2.24, 2.45) is 0 Å². The minimum atomic E-state index is -4.47. The average Bonchev–Trinajstić information content (AvgIpc) is 3.06. The van der Waals surface area contributed by atoms with Crippen LogP contribution in [-0.4, -0.2) is 38.1 Å². The van der Waals surface area contributed by atoms with Crippen LogP contribution in [0.5, 0.6) is 0 Å². The molecule has 0 aliphatic carbocycles. The molecule has 9 heteroatoms. The summed E-state index contributed by atoms with van der Waals surface area (Å²) in [6.07, 6.45) is 0.559. The fraction of sp³-hybridized carbons (Fsp3) is 0.474. The second-order valence-electron chi connectivity index (χ2n) is 7.25. The van der Waals surface area contributed by atoms with E-state index in [9.17, 15) is 13.2 Å². The van der Waals surface area contributed by atoms with Gasteiger partial charge in [0.1, 0.15) is 5.82 Å². The normalized spacial score (nSPS) is 16.8. The number of aryl methyl sites for hydroxylation is 2. The highest BCUT2D eigenvalue weighted by atomic mass is 19.4. The van der Waals surface area contributed by atoms with E-state index in [0.717, 1.165) is 37.1 Å². The molecule has 0 radical (unpaired) electrons. The zero-order chi connectivity index (χ0) is 19.9. The van der Waals surface area contributed by atoms with E-state index in [1.165, 1.54) is 6.92 Å². The van der Waals surface area contributed by atoms with Crippen LogP contribution in [0.2, 0.25) is 0 Å². The van der Waals surface area contributed by atoms with Crippen LogP contribution in [0, 0.1) is 13.8 Å². The molecule has 28 heavy (non-hydrogen) atoms. The summed E-state index contributed by atoms with van der Waals surface area (Å²) in [6, 6.07) is 1.07. The molecule has 0 spiro atoms. The second-order valence-corrected chi connectivity index (χ2v) is 7.25. The van der Waals surface area contributed by atoms with Crippen molar-refractivity contribution >= 4 is 11.1 Å². The van der Waals surface area contributed by atoms with Gasteiger partial charge in [-0.15, -0.1) is 0 Å². The van der Waals surface area contributed by atoms with Gasteiger partial charge >= 0.3 is 6.18 Å². The topological polar surface area (TPSA) is 67.9 Å². The van der Waals surface area contributed by atoms with Crippen LogP contribution in [0.4, 0.5) is 13.2 Å². The van der Waals surface area contributed by atoms with E-state index in [0.29, 0.717) is 18.5 Å². The lowest BCUT2D eigenvalue weighted by atomic mass is 9.90. The van der Waals surface area contributed by atoms with Crippen LogP contribution >= 0.6 is 0 Å². The Morgan fingerprint density at radius 1 is 1.14 bits per heavy atom. The van der Waals surface area contributed by atoms with Crippen molar-refractivity contribution < 1.29 is 17.7 Å². The number of nitrogens with zero attached hydrogens (tertiary/aromatic N) is 5. The van der Waals surface area contributed by atoms with Crippen molar-refractivity contribution in [3.8, 4) is 0 Å². The summed E-state index contributed by atoms with van der Waals surface area (Å²) < 4.78 is 45.8. The predicted molar refractivity (Wildman–Crippen MR) is 95.6 cm³/mol. The summed E-state index contributed by atoms with van der Waals surface area (Å²) in [5.74, 6) is 0.641. The Bertz CT molecular complexity index is 976. The summed E-state index contributed by atoms with van der Waals surface area (Å²) in [5, 5.41) is 3.98. The maximum Gasteiger partial charge on any atom is 0.417 e. The van der Waals surface area contributed by atoms with Gasteiger partial charge in [-0.25, -0.2) is 15.0 Å². The van der Waals surface area contributed by atoms with E-state index in [-0.39, 0.29) is 22.7 Å². The van der Waals surface area contributed by atoms with Crippen LogP contribution in [0.3, 0.4) is 0 Å². The standard InChI is InChI=1S/C19H20F3N5O/c1-11-7-15(19(20,21)22)16-17(26-28-18(16)25-11)14-3-5-27(6-4-14)10-13-8-23-12(2)24-9-13/h7-9,14H,3-6,10H2,1-2H3. The van der Waals surface area contributed by atoms with Gasteiger partial charge in [-0.3, -0.25) is 4.90 Å². The molecular formula is C19H20F3N5O. The number of fused-ring (bicyclic) bond motifs is 1. The third kappa shape index (κ3) is 3.71. The van der Waals surface area contributed by atoms with Crippen LogP contribution in [-0.2, 0) is 12.7 Å². The number of pyridine rings is 1. The smallest absolute Gasteiger partial charge is 0.336 e. The number of rotatable bonds is 3. The van der Waals surface area contributed by atoms with E-state index in [4.69, 9.17) is 4.52 Å². The van der Waals surface area contributed by atoms with Crippen LogP contribution < -0.4 is 0 Å². The highest BCUT2D eigenvalue weighted by Crippen LogP contribution is 2.40. The number of alkyl halides is 3. The van der Waals surface area contributed by atoms with Gasteiger partial charge in [0.15, 0.2) is 0 Å². The van der Waals surface area contributed by atoms with Crippen molar-refractivity contribution in [2.45, 2.75) is 45.3 Å². The molecule has 0 atom stereocenters. The fourth-order valence-electron chi connectivity index (χ4n) is 3.72. The molecule has 0 amide bonds. The van der Waals surface area contributed by atoms with Crippen molar-refractivity contribution in [3.63, 3.8) is 0 Å². The van der Waals surface area contributed by atoms with Crippen molar-refractivity contribution in [1.29, 1.82) is 0 Å². The van der Waals surface area contributed by atoms with E-state index in [2.05, 4.69) is 25.0 Å². The first kappa shape index (κ1) is 18.8. The Labute approximate surface area is 159 Å². The highest BCUT2D eigenvalue weighted by Gasteiger charge is 2.37. The number of halogens is 3. The van der Waals surface area contributed by atoms with Crippen LogP contribution in [0.1, 0.15) is 47.1 Å². The van der Waals surface area contributed by atoms with Gasteiger partial charge < -0.3 is 4.52 Å². The van der Waals surface area contributed by atoms with Gasteiger partial charge in [0.25, 0.3) is 5.71 Å². The molecular weight excluding hydrogens is 371 g/mol. The summed E-state index contributed by atoms with van der Waals surface area (Å²) in [7, 11) is 0. The largest absolute Gasteiger partial charge is 0.417 e. The van der Waals surface area contributed by atoms with Crippen LogP contribution in [0.25, 0.3) is 11.1 Å². The van der Waals surface area contributed by atoms with Gasteiger partial charge in [0.05, 0.1) is 16.6 Å². The monoisotopic (exact) mass is 391 g/mol. The van der Waals surface area contributed by atoms with Crippen molar-refractivity contribution in [2.75, 3.05) is 13.1 Å². The third-order valence-electron chi connectivity index (χ3n) is 5.12. The molecule has 1 aliphatic rings. The zero-order valence-electron chi connectivity index (χ0n) is 15.6. The highest BCUT2D eigenvalue weighted by molar-refractivity contribution is 5.81. The van der Waals surface area contributed by atoms with Gasteiger partial charge in [0.2, 0.25) is 0 Å². The third-order valence-corrected chi connectivity index (χ3v) is 5.12. The maximum atomic E-state index is 13.5. The van der Waals surface area contributed by atoms with Gasteiger partial charge in [0, 0.05) is 36.1 Å². The van der Waals surface area contributed by atoms with E-state index >= 15 is 0 Å². The molecule has 0 N–H and O–H groups in total. The molecule has 1 fully saturated rings. The Kier molecular flexibility index (Phi) is 4.78. The van der Waals surface area contributed by atoms with E-state index < -0.39 is 11.7 Å². The van der Waals surface area contributed by atoms with Crippen molar-refractivity contribution in [3.05, 3.63) is 46.8 Å². The Morgan fingerprint density at radius 2 is 1.82 bits per heavy atom. The predicted octanol–water partition coefficient (Wildman–Crippen LogP) is 4.03. The molecule has 148 valence electrons. The molecule has 0 aromatic carbocycles. The quantitative estimate of drug-likeness (QED) is 0.672. The molecule has 4 heterocycles. The summed E-state index contributed by atoms with van der Waals surface area (Å²) in [6.45, 7) is 5.59. The molecule has 0 saturated carbocycles. The summed E-state index contributed by atoms with van der Waals surface area (Å²) in [4.78, 5) is 14.7. The Hall–Kier alpha value is -2.55. The first-order valence-corrected chi connectivity index (χ1v) is 9.15. The molecule has 4 rings (SSSR count). The Balaban J connectivity index is 1.53. The van der Waals surface area contributed by atoms with Gasteiger partial charge in [-0.05, 0) is 45.8 Å². The number of aromatic nitrogens is 4. The van der Waals surface area contributed by atoms with E-state index in [1.54, 1.807) is 0 Å². The zero-order valence-corrected chi connectivity index (χ0v) is 15.6. The maximum absolute atomic E-state index is 13.5. The lowest BCUT2D eigenvalue weighted by Gasteiger charge is -2.31. The fourth-order valence-corrected chi connectivity index (χ4v) is 3.72. The van der Waals surface area contributed by atoms with Crippen LogP contribution in [0.15, 0.2) is 23.0 Å². The number of hydrogen-bond acceptors (Lipinski definition) is 6. The summed E-state index contributed by atoms with van der Waals surface area (Å²) >= 11 is 0. The minimum Gasteiger partial charge on any atom is -0.336 e. The molecule has 1 saturated heterocycles. The molecule has 0 unspecified atom stereocenters. The van der Waals surface area contributed by atoms with Crippen molar-refractivity contribution in [1.82, 2.24) is 25.0 Å². The first-order valence-electron chi connectivity index (χ1n) is 9.15. The molecule has 3 aromatic rings.